The van der Waals surface area contributed by atoms with Gasteiger partial charge in [-0.2, -0.15) is 13.2 Å². The molecule has 0 unspecified atom stereocenters. The maximum atomic E-state index is 13.7. The number of hydrogen-bond acceptors (Lipinski definition) is 4. The van der Waals surface area contributed by atoms with Crippen LogP contribution >= 0.6 is 11.6 Å². The van der Waals surface area contributed by atoms with E-state index in [1.54, 1.807) is 6.92 Å². The fourth-order valence-corrected chi connectivity index (χ4v) is 5.85. The van der Waals surface area contributed by atoms with Crippen molar-refractivity contribution >= 4 is 39.1 Å². The molecule has 0 heterocycles. The molecule has 0 aliphatic heterocycles. The summed E-state index contributed by atoms with van der Waals surface area (Å²) in [6.45, 7) is 0.617. The summed E-state index contributed by atoms with van der Waals surface area (Å²) in [5, 5.41) is 2.67. The van der Waals surface area contributed by atoms with Gasteiger partial charge in [-0.3, -0.25) is 13.9 Å². The quantitative estimate of drug-likeness (QED) is 0.361. The molecule has 0 spiro atoms. The number of rotatable bonds is 10. The summed E-state index contributed by atoms with van der Waals surface area (Å²) in [4.78, 5) is 28.3. The van der Waals surface area contributed by atoms with Crippen molar-refractivity contribution < 1.29 is 35.6 Å². The van der Waals surface area contributed by atoms with Crippen molar-refractivity contribution in [1.29, 1.82) is 0 Å². The predicted molar refractivity (Wildman–Crippen MR) is 145 cm³/mol. The third kappa shape index (κ3) is 8.33. The van der Waals surface area contributed by atoms with E-state index >= 15 is 0 Å². The van der Waals surface area contributed by atoms with E-state index in [2.05, 4.69) is 5.32 Å². The Labute approximate surface area is 236 Å². The lowest BCUT2D eigenvalue weighted by Crippen LogP contribution is -2.54. The largest absolute Gasteiger partial charge is 0.416 e. The van der Waals surface area contributed by atoms with Crippen LogP contribution in [0.15, 0.2) is 42.5 Å². The maximum absolute atomic E-state index is 13.7. The first kappa shape index (κ1) is 31.7. The van der Waals surface area contributed by atoms with Crippen molar-refractivity contribution in [1.82, 2.24) is 10.2 Å². The van der Waals surface area contributed by atoms with Crippen LogP contribution in [0.1, 0.15) is 56.6 Å². The van der Waals surface area contributed by atoms with Gasteiger partial charge in [-0.15, -0.1) is 0 Å². The third-order valence-corrected chi connectivity index (χ3v) is 8.27. The summed E-state index contributed by atoms with van der Waals surface area (Å²) in [6.07, 6.45) is 0.711. The lowest BCUT2D eigenvalue weighted by atomic mass is 9.95. The van der Waals surface area contributed by atoms with Crippen LogP contribution in [0.2, 0.25) is 5.02 Å². The van der Waals surface area contributed by atoms with Crippen LogP contribution in [0.25, 0.3) is 0 Å². The van der Waals surface area contributed by atoms with Gasteiger partial charge in [0.15, 0.2) is 0 Å². The molecular formula is C27H32ClF4N3O4S. The molecule has 1 aliphatic rings. The van der Waals surface area contributed by atoms with E-state index in [1.165, 1.54) is 29.2 Å². The van der Waals surface area contributed by atoms with E-state index in [4.69, 9.17) is 11.6 Å². The lowest BCUT2D eigenvalue weighted by Gasteiger charge is -2.34. The molecule has 1 aliphatic carbocycles. The minimum Gasteiger partial charge on any atom is -0.352 e. The first-order valence-electron chi connectivity index (χ1n) is 12.9. The standard InChI is InChI=1S/C27H32ClF4N3O4S/c1-3-23(26(37)33-21-7-5-4-6-8-21)34(16-18-9-12-20(29)13-10-18)25(36)17-35(40(2,38)39)24-15-19(27(30,31)32)11-14-22(24)28/h9-15,21,23H,3-8,16-17H2,1-2H3,(H,33,37)/t23-/m1/s1. The Balaban J connectivity index is 1.98. The molecule has 13 heteroatoms. The minimum absolute atomic E-state index is 0.0606. The van der Waals surface area contributed by atoms with Crippen molar-refractivity contribution in [3.63, 3.8) is 0 Å². The van der Waals surface area contributed by atoms with Gasteiger partial charge in [-0.25, -0.2) is 12.8 Å². The second-order valence-electron chi connectivity index (χ2n) is 9.85. The number of nitrogens with one attached hydrogen (secondary N) is 1. The zero-order valence-electron chi connectivity index (χ0n) is 22.2. The molecule has 3 rings (SSSR count). The van der Waals surface area contributed by atoms with Gasteiger partial charge in [0.05, 0.1) is 22.5 Å². The number of benzene rings is 2. The molecule has 0 bridgehead atoms. The Morgan fingerprint density at radius 3 is 2.25 bits per heavy atom. The van der Waals surface area contributed by atoms with Crippen molar-refractivity contribution in [3.05, 3.63) is 64.4 Å². The van der Waals surface area contributed by atoms with Gasteiger partial charge >= 0.3 is 6.18 Å². The molecule has 0 aromatic heterocycles. The summed E-state index contributed by atoms with van der Waals surface area (Å²) in [5.74, 6) is -1.77. The maximum Gasteiger partial charge on any atom is 0.416 e. The highest BCUT2D eigenvalue weighted by atomic mass is 35.5. The monoisotopic (exact) mass is 605 g/mol. The van der Waals surface area contributed by atoms with E-state index in [0.29, 0.717) is 22.0 Å². The molecule has 2 aromatic carbocycles. The number of carbonyl (C=O) groups excluding carboxylic acids is 2. The molecule has 1 saturated carbocycles. The van der Waals surface area contributed by atoms with Crippen LogP contribution in [0.4, 0.5) is 23.2 Å². The van der Waals surface area contributed by atoms with Crippen molar-refractivity contribution in [2.75, 3.05) is 17.1 Å². The number of anilines is 1. The predicted octanol–water partition coefficient (Wildman–Crippen LogP) is 5.52. The molecule has 0 saturated heterocycles. The van der Waals surface area contributed by atoms with Crippen molar-refractivity contribution in [2.45, 2.75) is 70.3 Å². The topological polar surface area (TPSA) is 86.8 Å². The Kier molecular flexibility index (Phi) is 10.5. The third-order valence-electron chi connectivity index (χ3n) is 6.82. The Bertz CT molecular complexity index is 1300. The first-order chi connectivity index (χ1) is 18.7. The molecule has 1 N–H and O–H groups in total. The van der Waals surface area contributed by atoms with Gasteiger partial charge < -0.3 is 10.2 Å². The Hall–Kier alpha value is -2.86. The molecule has 1 atom stereocenters. The van der Waals surface area contributed by atoms with Gasteiger partial charge in [-0.05, 0) is 55.2 Å². The number of carbonyl (C=O) groups is 2. The summed E-state index contributed by atoms with van der Waals surface area (Å²) < 4.78 is 79.7. The fraction of sp³-hybridized carbons (Fsp3) is 0.481. The van der Waals surface area contributed by atoms with Crippen LogP contribution in [0, 0.1) is 5.82 Å². The molecule has 2 amide bonds. The summed E-state index contributed by atoms with van der Waals surface area (Å²) >= 11 is 6.11. The zero-order valence-corrected chi connectivity index (χ0v) is 23.8. The van der Waals surface area contributed by atoms with Crippen LogP contribution < -0.4 is 9.62 Å². The summed E-state index contributed by atoms with van der Waals surface area (Å²) in [7, 11) is -4.30. The van der Waals surface area contributed by atoms with Gasteiger partial charge in [0.25, 0.3) is 0 Å². The van der Waals surface area contributed by atoms with Crippen molar-refractivity contribution in [3.8, 4) is 0 Å². The average molecular weight is 606 g/mol. The SMILES string of the molecule is CC[C@H](C(=O)NC1CCCCC1)N(Cc1ccc(F)cc1)C(=O)CN(c1cc(C(F)(F)F)ccc1Cl)S(C)(=O)=O. The highest BCUT2D eigenvalue weighted by Gasteiger charge is 2.35. The number of hydrogen-bond donors (Lipinski definition) is 1. The molecule has 1 fully saturated rings. The number of alkyl halides is 3. The second kappa shape index (κ2) is 13.2. The fourth-order valence-electron chi connectivity index (χ4n) is 4.73. The minimum atomic E-state index is -4.79. The van der Waals surface area contributed by atoms with E-state index in [0.717, 1.165) is 44.4 Å². The van der Waals surface area contributed by atoms with Gasteiger partial charge in [0, 0.05) is 12.6 Å². The van der Waals surface area contributed by atoms with Gasteiger partial charge in [0.1, 0.15) is 18.4 Å². The van der Waals surface area contributed by atoms with Crippen LogP contribution in [-0.4, -0.2) is 50.0 Å². The molecule has 7 nitrogen and oxygen atoms in total. The number of amides is 2. The summed E-state index contributed by atoms with van der Waals surface area (Å²) in [5.41, 5.74) is -1.19. The highest BCUT2D eigenvalue weighted by Crippen LogP contribution is 2.36. The summed E-state index contributed by atoms with van der Waals surface area (Å²) in [6, 6.07) is 6.33. The Morgan fingerprint density at radius 1 is 1.07 bits per heavy atom. The molecule has 0 radical (unpaired) electrons. The molecular weight excluding hydrogens is 574 g/mol. The average Bonchev–Trinajstić information content (AvgIpc) is 2.88. The highest BCUT2D eigenvalue weighted by molar-refractivity contribution is 7.92. The van der Waals surface area contributed by atoms with E-state index in [9.17, 15) is 35.6 Å². The number of nitrogens with zero attached hydrogens (tertiary/aromatic N) is 2. The number of sulfonamides is 1. The molecule has 40 heavy (non-hydrogen) atoms. The van der Waals surface area contributed by atoms with Gasteiger partial charge in [0.2, 0.25) is 21.8 Å². The van der Waals surface area contributed by atoms with Crippen LogP contribution in [0.3, 0.4) is 0 Å². The second-order valence-corrected chi connectivity index (χ2v) is 12.2. The molecule has 220 valence electrons. The van der Waals surface area contributed by atoms with E-state index < -0.39 is 57.7 Å². The Morgan fingerprint density at radius 2 is 1.70 bits per heavy atom. The van der Waals surface area contributed by atoms with Crippen molar-refractivity contribution in [2.24, 2.45) is 0 Å². The lowest BCUT2D eigenvalue weighted by molar-refractivity contribution is -0.140. The van der Waals surface area contributed by atoms with E-state index in [1.807, 2.05) is 0 Å². The smallest absolute Gasteiger partial charge is 0.352 e. The zero-order chi connectivity index (χ0) is 29.7. The first-order valence-corrected chi connectivity index (χ1v) is 15.1. The number of halogens is 5. The molecule has 2 aromatic rings. The van der Waals surface area contributed by atoms with Crippen LogP contribution in [-0.2, 0) is 32.3 Å². The normalized spacial score (nSPS) is 15.4. The van der Waals surface area contributed by atoms with E-state index in [-0.39, 0.29) is 24.0 Å². The van der Waals surface area contributed by atoms with Crippen LogP contribution in [0.5, 0.6) is 0 Å². The van der Waals surface area contributed by atoms with Gasteiger partial charge in [-0.1, -0.05) is 49.9 Å².